The first-order valence-electron chi connectivity index (χ1n) is 6.77. The summed E-state index contributed by atoms with van der Waals surface area (Å²) >= 11 is 0. The van der Waals surface area contributed by atoms with Gasteiger partial charge in [0.05, 0.1) is 0 Å². The Morgan fingerprint density at radius 1 is 0.579 bits per heavy atom. The predicted octanol–water partition coefficient (Wildman–Crippen LogP) is 5.09. The minimum Gasteiger partial charge on any atom is -0.400 e. The van der Waals surface area contributed by atoms with Crippen molar-refractivity contribution >= 4 is 11.4 Å². The van der Waals surface area contributed by atoms with Crippen molar-refractivity contribution in [3.8, 4) is 0 Å². The van der Waals surface area contributed by atoms with Crippen LogP contribution in [0.4, 0.5) is 11.4 Å². The van der Waals surface area contributed by atoms with Gasteiger partial charge in [-0.3, -0.25) is 0 Å². The highest BCUT2D eigenvalue weighted by molar-refractivity contribution is 5.58. The first-order valence-corrected chi connectivity index (χ1v) is 6.77. The average molecular weight is 261 g/mol. The smallest absolute Gasteiger partial charge is 0.0384 e. The van der Waals surface area contributed by atoms with Gasteiger partial charge >= 0.3 is 0 Å². The maximum Gasteiger partial charge on any atom is 0.0384 e. The van der Waals surface area contributed by atoms with E-state index in [0.29, 0.717) is 0 Å². The van der Waals surface area contributed by atoms with Gasteiger partial charge in [-0.1, -0.05) is 64.1 Å². The molecule has 2 heteroatoms. The third kappa shape index (κ3) is 9.86. The fraction of sp³-hybridized carbons (Fsp3) is 0.294. The Bertz CT molecular complexity index is 322. The van der Waals surface area contributed by atoms with Crippen LogP contribution in [-0.4, -0.2) is 12.2 Å². The normalized spacial score (nSPS) is 7.47. The van der Waals surface area contributed by atoms with Crippen molar-refractivity contribution in [3.05, 3.63) is 60.7 Å². The third-order valence-corrected chi connectivity index (χ3v) is 1.84. The fourth-order valence-corrected chi connectivity index (χ4v) is 1.21. The Morgan fingerprint density at radius 2 is 0.842 bits per heavy atom. The van der Waals surface area contributed by atoms with Crippen LogP contribution in [0.2, 0.25) is 0 Å². The summed E-state index contributed by atoms with van der Waals surface area (Å²) in [5.41, 5.74) is 2.24. The topological polar surface area (TPSA) is 32.3 Å². The molecule has 19 heavy (non-hydrogen) atoms. The van der Waals surface area contributed by atoms with Gasteiger partial charge in [-0.15, -0.1) is 0 Å². The lowest BCUT2D eigenvalue weighted by Gasteiger charge is -2.04. The maximum atomic E-state index is 7.00. The molecule has 0 fully saturated rings. The molecule has 2 aromatic carbocycles. The summed E-state index contributed by atoms with van der Waals surface area (Å²) in [6.07, 6.45) is 0. The Balaban J connectivity index is 0. The van der Waals surface area contributed by atoms with E-state index in [1.807, 2.05) is 88.4 Å². The van der Waals surface area contributed by atoms with E-state index in [4.69, 9.17) is 5.11 Å². The number of hydrogen-bond acceptors (Lipinski definition) is 2. The van der Waals surface area contributed by atoms with E-state index in [0.717, 1.165) is 18.5 Å². The molecule has 2 nitrogen and oxygen atoms in total. The molecule has 2 N–H and O–H groups in total. The zero-order valence-corrected chi connectivity index (χ0v) is 12.7. The zero-order chi connectivity index (χ0) is 14.9. The number of hydrogen-bond donors (Lipinski definition) is 2. The van der Waals surface area contributed by atoms with Gasteiger partial charge in [-0.2, -0.15) is 0 Å². The third-order valence-electron chi connectivity index (χ3n) is 1.84. The standard InChI is InChI=1S/C12H11N.2C2H6.CH4O/c1-3-7-11(8-4-1)13-12-9-5-2-6-10-12;3*1-2/h1-10,13H;2*1-2H3;2H,1H3. The van der Waals surface area contributed by atoms with Crippen LogP contribution in [-0.2, 0) is 0 Å². The van der Waals surface area contributed by atoms with E-state index in [2.05, 4.69) is 5.32 Å². The Labute approximate surface area is 118 Å². The zero-order valence-electron chi connectivity index (χ0n) is 12.7. The summed E-state index contributed by atoms with van der Waals surface area (Å²) in [6.45, 7) is 8.00. The minimum absolute atomic E-state index is 1.00. The second kappa shape index (κ2) is 16.2. The van der Waals surface area contributed by atoms with Crippen molar-refractivity contribution in [1.82, 2.24) is 0 Å². The van der Waals surface area contributed by atoms with E-state index >= 15 is 0 Å². The van der Waals surface area contributed by atoms with Crippen molar-refractivity contribution in [2.24, 2.45) is 0 Å². The first-order chi connectivity index (χ1) is 9.45. The van der Waals surface area contributed by atoms with Gasteiger partial charge in [0.25, 0.3) is 0 Å². The first kappa shape index (κ1) is 19.5. The van der Waals surface area contributed by atoms with E-state index < -0.39 is 0 Å². The molecular weight excluding hydrogens is 234 g/mol. The average Bonchev–Trinajstić information content (AvgIpc) is 2.55. The minimum atomic E-state index is 1.00. The molecule has 0 atom stereocenters. The molecule has 0 saturated heterocycles. The molecule has 0 unspecified atom stereocenters. The van der Waals surface area contributed by atoms with Crippen molar-refractivity contribution in [1.29, 1.82) is 0 Å². The lowest BCUT2D eigenvalue weighted by atomic mass is 10.3. The quantitative estimate of drug-likeness (QED) is 0.789. The lowest BCUT2D eigenvalue weighted by molar-refractivity contribution is 0.399. The molecule has 0 radical (unpaired) electrons. The van der Waals surface area contributed by atoms with E-state index in [9.17, 15) is 0 Å². The number of nitrogens with one attached hydrogen (secondary N) is 1. The summed E-state index contributed by atoms with van der Waals surface area (Å²) in [5, 5.41) is 10.3. The second-order valence-corrected chi connectivity index (χ2v) is 2.86. The van der Waals surface area contributed by atoms with Crippen LogP contribution in [0.1, 0.15) is 27.7 Å². The summed E-state index contributed by atoms with van der Waals surface area (Å²) in [5.74, 6) is 0. The van der Waals surface area contributed by atoms with Crippen LogP contribution < -0.4 is 5.32 Å². The summed E-state index contributed by atoms with van der Waals surface area (Å²) in [7, 11) is 1.00. The van der Waals surface area contributed by atoms with Crippen LogP contribution in [0.5, 0.6) is 0 Å². The number of anilines is 2. The molecule has 0 aromatic heterocycles. The Morgan fingerprint density at radius 3 is 1.11 bits per heavy atom. The highest BCUT2D eigenvalue weighted by atomic mass is 16.2. The van der Waals surface area contributed by atoms with E-state index in [1.165, 1.54) is 0 Å². The number of aliphatic hydroxyl groups is 1. The van der Waals surface area contributed by atoms with Crippen LogP contribution in [0, 0.1) is 0 Å². The maximum absolute atomic E-state index is 7.00. The number of rotatable bonds is 2. The van der Waals surface area contributed by atoms with Gasteiger partial charge < -0.3 is 10.4 Å². The molecule has 2 aromatic rings. The molecule has 0 aliphatic carbocycles. The molecule has 0 aliphatic heterocycles. The monoisotopic (exact) mass is 261 g/mol. The molecule has 106 valence electrons. The second-order valence-electron chi connectivity index (χ2n) is 2.86. The molecule has 0 saturated carbocycles. The SMILES string of the molecule is CC.CC.CO.c1ccc(Nc2ccccc2)cc1. The van der Waals surface area contributed by atoms with Crippen molar-refractivity contribution in [3.63, 3.8) is 0 Å². The molecule has 0 bridgehead atoms. The predicted molar refractivity (Wildman–Crippen MR) is 87.0 cm³/mol. The van der Waals surface area contributed by atoms with Crippen LogP contribution in [0.15, 0.2) is 60.7 Å². The molecule has 0 amide bonds. The van der Waals surface area contributed by atoms with Gasteiger partial charge in [-0.05, 0) is 24.3 Å². The molecule has 2 rings (SSSR count). The van der Waals surface area contributed by atoms with E-state index in [-0.39, 0.29) is 0 Å². The van der Waals surface area contributed by atoms with E-state index in [1.54, 1.807) is 0 Å². The van der Waals surface area contributed by atoms with Crippen molar-refractivity contribution < 1.29 is 5.11 Å². The van der Waals surface area contributed by atoms with Crippen LogP contribution >= 0.6 is 0 Å². The largest absolute Gasteiger partial charge is 0.400 e. The van der Waals surface area contributed by atoms with Gasteiger partial charge in [0.1, 0.15) is 0 Å². The van der Waals surface area contributed by atoms with Crippen LogP contribution in [0.25, 0.3) is 0 Å². The van der Waals surface area contributed by atoms with Gasteiger partial charge in [-0.25, -0.2) is 0 Å². The molecule has 0 spiro atoms. The number of para-hydroxylation sites is 2. The lowest BCUT2D eigenvalue weighted by Crippen LogP contribution is -1.87. The van der Waals surface area contributed by atoms with Crippen LogP contribution in [0.3, 0.4) is 0 Å². The highest BCUT2D eigenvalue weighted by Gasteiger charge is 1.89. The molecule has 0 aliphatic rings. The highest BCUT2D eigenvalue weighted by Crippen LogP contribution is 2.14. The van der Waals surface area contributed by atoms with Crippen molar-refractivity contribution in [2.75, 3.05) is 12.4 Å². The number of aliphatic hydroxyl groups excluding tert-OH is 1. The molecule has 0 heterocycles. The summed E-state index contributed by atoms with van der Waals surface area (Å²) < 4.78 is 0. The van der Waals surface area contributed by atoms with Gasteiger partial charge in [0.15, 0.2) is 0 Å². The van der Waals surface area contributed by atoms with Crippen molar-refractivity contribution in [2.45, 2.75) is 27.7 Å². The summed E-state index contributed by atoms with van der Waals surface area (Å²) in [6, 6.07) is 20.3. The summed E-state index contributed by atoms with van der Waals surface area (Å²) in [4.78, 5) is 0. The molecular formula is C17H27NO. The fourth-order valence-electron chi connectivity index (χ4n) is 1.21. The Kier molecular flexibility index (Phi) is 16.7. The van der Waals surface area contributed by atoms with Gasteiger partial charge in [0.2, 0.25) is 0 Å². The number of benzene rings is 2. The Hall–Kier alpha value is -1.80. The van der Waals surface area contributed by atoms with Gasteiger partial charge in [0, 0.05) is 18.5 Å².